The molecule has 116 valence electrons. The van der Waals surface area contributed by atoms with Gasteiger partial charge >= 0.3 is 0 Å². The van der Waals surface area contributed by atoms with Crippen LogP contribution >= 0.6 is 36.2 Å². The topological polar surface area (TPSA) is 54.0 Å². The molecule has 2 rings (SSSR count). The summed E-state index contributed by atoms with van der Waals surface area (Å²) in [4.78, 5) is 16.5. The van der Waals surface area contributed by atoms with E-state index in [1.54, 1.807) is 11.3 Å². The number of hydrogen-bond acceptors (Lipinski definition) is 4. The molecule has 1 aromatic rings. The van der Waals surface area contributed by atoms with Gasteiger partial charge in [0.05, 0.1) is 18.2 Å². The smallest absolute Gasteiger partial charge is 0.224 e. The fourth-order valence-corrected chi connectivity index (χ4v) is 2.95. The molecule has 2 N–H and O–H groups in total. The lowest BCUT2D eigenvalue weighted by atomic mass is 9.99. The van der Waals surface area contributed by atoms with Crippen LogP contribution in [0.2, 0.25) is 0 Å². The first-order valence-electron chi connectivity index (χ1n) is 6.59. The molecule has 0 aromatic carbocycles. The van der Waals surface area contributed by atoms with E-state index in [-0.39, 0.29) is 36.6 Å². The highest BCUT2D eigenvalue weighted by atomic mass is 35.5. The van der Waals surface area contributed by atoms with Crippen molar-refractivity contribution >= 4 is 42.1 Å². The predicted octanol–water partition coefficient (Wildman–Crippen LogP) is 2.73. The van der Waals surface area contributed by atoms with E-state index >= 15 is 0 Å². The third-order valence-corrected chi connectivity index (χ3v) is 4.11. The zero-order valence-electron chi connectivity index (χ0n) is 11.8. The molecule has 7 heteroatoms. The molecule has 0 saturated carbocycles. The Morgan fingerprint density at radius 3 is 2.85 bits per heavy atom. The molecule has 1 amide bonds. The van der Waals surface area contributed by atoms with Crippen LogP contribution in [0.15, 0.2) is 5.38 Å². The normalized spacial score (nSPS) is 18.1. The second-order valence-corrected chi connectivity index (χ2v) is 6.02. The number of amides is 1. The number of halogens is 2. The number of nitrogens with zero attached hydrogens (tertiary/aromatic N) is 1. The Morgan fingerprint density at radius 2 is 2.30 bits per heavy atom. The molecule has 1 atom stereocenters. The fourth-order valence-electron chi connectivity index (χ4n) is 2.05. The third kappa shape index (κ3) is 5.56. The van der Waals surface area contributed by atoms with Gasteiger partial charge in [-0.1, -0.05) is 13.8 Å². The van der Waals surface area contributed by atoms with E-state index in [1.807, 2.05) is 0 Å². The lowest BCUT2D eigenvalue weighted by Crippen LogP contribution is -2.40. The summed E-state index contributed by atoms with van der Waals surface area (Å²) in [5.74, 6) is 0.736. The number of rotatable bonds is 4. The largest absolute Gasteiger partial charge is 0.349 e. The second kappa shape index (κ2) is 9.55. The zero-order valence-corrected chi connectivity index (χ0v) is 14.3. The van der Waals surface area contributed by atoms with Gasteiger partial charge in [0.1, 0.15) is 5.01 Å². The van der Waals surface area contributed by atoms with Crippen molar-refractivity contribution in [3.05, 3.63) is 16.1 Å². The summed E-state index contributed by atoms with van der Waals surface area (Å²) in [6.07, 6.45) is 2.08. The molecule has 0 spiro atoms. The lowest BCUT2D eigenvalue weighted by molar-refractivity contribution is -0.125. The Morgan fingerprint density at radius 1 is 1.55 bits per heavy atom. The van der Waals surface area contributed by atoms with E-state index in [0.29, 0.717) is 12.5 Å². The van der Waals surface area contributed by atoms with Crippen molar-refractivity contribution in [3.63, 3.8) is 0 Å². The lowest BCUT2D eigenvalue weighted by Gasteiger charge is -2.21. The minimum atomic E-state index is 0. The summed E-state index contributed by atoms with van der Waals surface area (Å²) in [5.41, 5.74) is 1.11. The van der Waals surface area contributed by atoms with E-state index in [1.165, 1.54) is 0 Å². The van der Waals surface area contributed by atoms with Gasteiger partial charge in [0.15, 0.2) is 0 Å². The van der Waals surface area contributed by atoms with Gasteiger partial charge in [-0.25, -0.2) is 4.98 Å². The van der Waals surface area contributed by atoms with E-state index in [9.17, 15) is 4.79 Å². The van der Waals surface area contributed by atoms with Gasteiger partial charge in [-0.3, -0.25) is 4.79 Å². The number of piperidine rings is 1. The molecule has 2 heterocycles. The predicted molar refractivity (Wildman–Crippen MR) is 88.1 cm³/mol. The maximum absolute atomic E-state index is 11.9. The Hall–Kier alpha value is -0.360. The van der Waals surface area contributed by atoms with Crippen LogP contribution in [0.25, 0.3) is 0 Å². The highest BCUT2D eigenvalue weighted by molar-refractivity contribution is 7.09. The van der Waals surface area contributed by atoms with Crippen LogP contribution in [0.1, 0.15) is 43.3 Å². The highest BCUT2D eigenvalue weighted by Crippen LogP contribution is 2.17. The van der Waals surface area contributed by atoms with Crippen LogP contribution in [0.3, 0.4) is 0 Å². The number of hydrogen-bond donors (Lipinski definition) is 2. The molecule has 1 aliphatic heterocycles. The third-order valence-electron chi connectivity index (χ3n) is 3.24. The van der Waals surface area contributed by atoms with Crippen molar-refractivity contribution in [2.24, 2.45) is 5.92 Å². The minimum absolute atomic E-state index is 0. The molecule has 4 nitrogen and oxygen atoms in total. The summed E-state index contributed by atoms with van der Waals surface area (Å²) in [6, 6.07) is 0. The number of carbonyl (C=O) groups excluding carboxylic acids is 1. The molecule has 1 fully saturated rings. The second-order valence-electron chi connectivity index (χ2n) is 5.08. The first-order chi connectivity index (χ1) is 8.66. The summed E-state index contributed by atoms with van der Waals surface area (Å²) in [7, 11) is 0. The maximum atomic E-state index is 11.9. The molecule has 1 aromatic heterocycles. The van der Waals surface area contributed by atoms with Crippen LogP contribution in [-0.2, 0) is 11.3 Å². The van der Waals surface area contributed by atoms with E-state index in [0.717, 1.165) is 36.6 Å². The Kier molecular flexibility index (Phi) is 9.38. The van der Waals surface area contributed by atoms with Crippen molar-refractivity contribution in [2.45, 2.75) is 39.2 Å². The van der Waals surface area contributed by atoms with Gasteiger partial charge in [-0.15, -0.1) is 36.2 Å². The van der Waals surface area contributed by atoms with Crippen molar-refractivity contribution < 1.29 is 4.79 Å². The first kappa shape index (κ1) is 19.6. The molecular formula is C13H23Cl2N3OS. The molecular weight excluding hydrogens is 317 g/mol. The van der Waals surface area contributed by atoms with Gasteiger partial charge in [0.2, 0.25) is 5.91 Å². The van der Waals surface area contributed by atoms with Crippen molar-refractivity contribution in [1.29, 1.82) is 0 Å². The van der Waals surface area contributed by atoms with E-state index in [2.05, 4.69) is 34.8 Å². The van der Waals surface area contributed by atoms with Crippen LogP contribution in [-0.4, -0.2) is 24.0 Å². The average molecular weight is 340 g/mol. The average Bonchev–Trinajstić information content (AvgIpc) is 2.86. The SMILES string of the molecule is CC(C)c1csc(CNC(=O)C2CCCNC2)n1.Cl.Cl. The summed E-state index contributed by atoms with van der Waals surface area (Å²) in [6.45, 7) is 6.66. The van der Waals surface area contributed by atoms with Gasteiger partial charge in [0.25, 0.3) is 0 Å². The quantitative estimate of drug-likeness (QED) is 0.886. The maximum Gasteiger partial charge on any atom is 0.224 e. The minimum Gasteiger partial charge on any atom is -0.349 e. The standard InChI is InChI=1S/C13H21N3OS.2ClH/c1-9(2)11-8-18-12(16-11)7-15-13(17)10-4-3-5-14-6-10;;/h8-10,14H,3-7H2,1-2H3,(H,15,17);2*1H. The zero-order chi connectivity index (χ0) is 13.0. The summed E-state index contributed by atoms with van der Waals surface area (Å²) in [5, 5.41) is 9.32. The molecule has 0 aliphatic carbocycles. The summed E-state index contributed by atoms with van der Waals surface area (Å²) < 4.78 is 0. The van der Waals surface area contributed by atoms with Crippen LogP contribution in [0.5, 0.6) is 0 Å². The monoisotopic (exact) mass is 339 g/mol. The Balaban J connectivity index is 0.00000180. The van der Waals surface area contributed by atoms with Gasteiger partial charge in [0, 0.05) is 11.9 Å². The first-order valence-corrected chi connectivity index (χ1v) is 7.47. The Labute approximate surface area is 137 Å². The fraction of sp³-hybridized carbons (Fsp3) is 0.692. The van der Waals surface area contributed by atoms with Crippen LogP contribution in [0.4, 0.5) is 0 Å². The molecule has 20 heavy (non-hydrogen) atoms. The number of carbonyl (C=O) groups is 1. The van der Waals surface area contributed by atoms with Crippen LogP contribution < -0.4 is 10.6 Å². The Bertz CT molecular complexity index is 406. The van der Waals surface area contributed by atoms with Crippen LogP contribution in [0, 0.1) is 5.92 Å². The summed E-state index contributed by atoms with van der Waals surface area (Å²) >= 11 is 1.63. The molecule has 1 aliphatic rings. The molecule has 1 saturated heterocycles. The van der Waals surface area contributed by atoms with Crippen molar-refractivity contribution in [2.75, 3.05) is 13.1 Å². The van der Waals surface area contributed by atoms with Gasteiger partial charge < -0.3 is 10.6 Å². The molecule has 0 radical (unpaired) electrons. The number of thiazole rings is 1. The van der Waals surface area contributed by atoms with Crippen molar-refractivity contribution in [1.82, 2.24) is 15.6 Å². The number of nitrogens with one attached hydrogen (secondary N) is 2. The van der Waals surface area contributed by atoms with Crippen molar-refractivity contribution in [3.8, 4) is 0 Å². The highest BCUT2D eigenvalue weighted by Gasteiger charge is 2.20. The molecule has 0 bridgehead atoms. The van der Waals surface area contributed by atoms with E-state index < -0.39 is 0 Å². The van der Waals surface area contributed by atoms with Gasteiger partial charge in [-0.05, 0) is 25.3 Å². The molecule has 1 unspecified atom stereocenters. The van der Waals surface area contributed by atoms with E-state index in [4.69, 9.17) is 0 Å². The van der Waals surface area contributed by atoms with Gasteiger partial charge in [-0.2, -0.15) is 0 Å². The number of aromatic nitrogens is 1.